The molecular weight excluding hydrogens is 279 g/mol. The standard InChI is InChI=1S/C12H8F3NO4/c1-18-10-8(14)5(3-6(13)9(10)15)11-16-7(4-20-11)12(17)19-2/h3-4H,1-2H3. The molecule has 5 nitrogen and oxygen atoms in total. The van der Waals surface area contributed by atoms with Crippen LogP contribution in [-0.4, -0.2) is 25.2 Å². The van der Waals surface area contributed by atoms with Crippen LogP contribution < -0.4 is 4.74 Å². The molecule has 0 radical (unpaired) electrons. The Morgan fingerprint density at radius 2 is 1.95 bits per heavy atom. The van der Waals surface area contributed by atoms with E-state index >= 15 is 0 Å². The minimum absolute atomic E-state index is 0.231. The van der Waals surface area contributed by atoms with Crippen molar-refractivity contribution in [2.45, 2.75) is 0 Å². The molecule has 2 aromatic rings. The molecule has 1 aromatic carbocycles. The summed E-state index contributed by atoms with van der Waals surface area (Å²) in [6, 6.07) is 0.556. The molecule has 1 heterocycles. The molecule has 0 unspecified atom stereocenters. The van der Waals surface area contributed by atoms with E-state index in [1.807, 2.05) is 0 Å². The highest BCUT2D eigenvalue weighted by molar-refractivity contribution is 5.87. The number of aromatic nitrogens is 1. The van der Waals surface area contributed by atoms with Crippen LogP contribution in [0, 0.1) is 17.5 Å². The zero-order chi connectivity index (χ0) is 14.9. The number of hydrogen-bond acceptors (Lipinski definition) is 5. The molecule has 2 rings (SSSR count). The smallest absolute Gasteiger partial charge is 0.360 e. The van der Waals surface area contributed by atoms with Crippen molar-refractivity contribution >= 4 is 5.97 Å². The van der Waals surface area contributed by atoms with Crippen molar-refractivity contribution in [3.8, 4) is 17.2 Å². The number of carbonyl (C=O) groups excluding carboxylic acids is 1. The second kappa shape index (κ2) is 5.24. The van der Waals surface area contributed by atoms with Crippen LogP contribution in [-0.2, 0) is 4.74 Å². The van der Waals surface area contributed by atoms with Crippen LogP contribution in [0.25, 0.3) is 11.5 Å². The van der Waals surface area contributed by atoms with Crippen molar-refractivity contribution in [1.82, 2.24) is 4.98 Å². The fraction of sp³-hybridized carbons (Fsp3) is 0.167. The van der Waals surface area contributed by atoms with E-state index in [1.165, 1.54) is 0 Å². The molecule has 20 heavy (non-hydrogen) atoms. The number of oxazole rings is 1. The largest absolute Gasteiger partial charge is 0.491 e. The van der Waals surface area contributed by atoms with Crippen LogP contribution in [0.4, 0.5) is 13.2 Å². The number of rotatable bonds is 3. The lowest BCUT2D eigenvalue weighted by atomic mass is 10.2. The first kappa shape index (κ1) is 13.9. The molecule has 0 fully saturated rings. The average molecular weight is 287 g/mol. The van der Waals surface area contributed by atoms with Crippen molar-refractivity contribution in [2.75, 3.05) is 14.2 Å². The molecule has 0 aliphatic carbocycles. The zero-order valence-corrected chi connectivity index (χ0v) is 10.4. The Morgan fingerprint density at radius 1 is 1.25 bits per heavy atom. The van der Waals surface area contributed by atoms with Crippen LogP contribution in [0.15, 0.2) is 16.7 Å². The number of carbonyl (C=O) groups is 1. The summed E-state index contributed by atoms with van der Waals surface area (Å²) in [5, 5.41) is 0. The summed E-state index contributed by atoms with van der Waals surface area (Å²) in [5.41, 5.74) is -0.707. The number of nitrogens with zero attached hydrogens (tertiary/aromatic N) is 1. The predicted octanol–water partition coefficient (Wildman–Crippen LogP) is 2.55. The summed E-state index contributed by atoms with van der Waals surface area (Å²) in [7, 11) is 2.11. The second-order valence-electron chi connectivity index (χ2n) is 3.60. The van der Waals surface area contributed by atoms with E-state index in [4.69, 9.17) is 4.42 Å². The first-order chi connectivity index (χ1) is 9.49. The Labute approximate surface area is 110 Å². The summed E-state index contributed by atoms with van der Waals surface area (Å²) in [6.45, 7) is 0. The van der Waals surface area contributed by atoms with Crippen LogP contribution in [0.2, 0.25) is 0 Å². The van der Waals surface area contributed by atoms with E-state index in [1.54, 1.807) is 0 Å². The highest BCUT2D eigenvalue weighted by Crippen LogP contribution is 2.32. The van der Waals surface area contributed by atoms with Gasteiger partial charge < -0.3 is 13.9 Å². The first-order valence-corrected chi connectivity index (χ1v) is 5.25. The highest BCUT2D eigenvalue weighted by atomic mass is 19.2. The topological polar surface area (TPSA) is 61.6 Å². The van der Waals surface area contributed by atoms with Gasteiger partial charge in [-0.1, -0.05) is 0 Å². The van der Waals surface area contributed by atoms with Crippen LogP contribution in [0.1, 0.15) is 10.5 Å². The van der Waals surface area contributed by atoms with Crippen molar-refractivity contribution < 1.29 is 31.9 Å². The molecule has 0 atom stereocenters. The second-order valence-corrected chi connectivity index (χ2v) is 3.60. The molecule has 0 saturated heterocycles. The van der Waals surface area contributed by atoms with E-state index in [9.17, 15) is 18.0 Å². The third kappa shape index (κ3) is 2.20. The Morgan fingerprint density at radius 3 is 2.55 bits per heavy atom. The van der Waals surface area contributed by atoms with Crippen molar-refractivity contribution in [2.24, 2.45) is 0 Å². The Kier molecular flexibility index (Phi) is 3.64. The van der Waals surface area contributed by atoms with Gasteiger partial charge in [0.1, 0.15) is 6.26 Å². The first-order valence-electron chi connectivity index (χ1n) is 5.25. The maximum atomic E-state index is 13.9. The number of benzene rings is 1. The molecule has 0 amide bonds. The summed E-state index contributed by atoms with van der Waals surface area (Å²) in [6.07, 6.45) is 0.911. The van der Waals surface area contributed by atoms with Crippen LogP contribution in [0.5, 0.6) is 5.75 Å². The van der Waals surface area contributed by atoms with Gasteiger partial charge in [-0.2, -0.15) is 4.39 Å². The van der Waals surface area contributed by atoms with Gasteiger partial charge in [0.25, 0.3) is 0 Å². The van der Waals surface area contributed by atoms with Gasteiger partial charge in [0.15, 0.2) is 23.1 Å². The predicted molar refractivity (Wildman–Crippen MR) is 59.7 cm³/mol. The third-order valence-corrected chi connectivity index (χ3v) is 2.45. The van der Waals surface area contributed by atoms with E-state index in [-0.39, 0.29) is 5.69 Å². The number of methoxy groups -OCH3 is 2. The fourth-order valence-corrected chi connectivity index (χ4v) is 1.51. The zero-order valence-electron chi connectivity index (χ0n) is 10.4. The normalized spacial score (nSPS) is 10.4. The van der Waals surface area contributed by atoms with Crippen molar-refractivity contribution in [1.29, 1.82) is 0 Å². The molecule has 106 valence electrons. The Bertz CT molecular complexity index is 669. The molecule has 0 N–H and O–H groups in total. The Hall–Kier alpha value is -2.51. The lowest BCUT2D eigenvalue weighted by Crippen LogP contribution is -2.02. The van der Waals surface area contributed by atoms with E-state index < -0.39 is 40.6 Å². The molecular formula is C12H8F3NO4. The molecule has 0 bridgehead atoms. The lowest BCUT2D eigenvalue weighted by molar-refractivity contribution is 0.0594. The van der Waals surface area contributed by atoms with E-state index in [2.05, 4.69) is 14.5 Å². The number of hydrogen-bond donors (Lipinski definition) is 0. The number of halogens is 3. The number of ether oxygens (including phenoxy) is 2. The summed E-state index contributed by atoms with van der Waals surface area (Å²) >= 11 is 0. The minimum atomic E-state index is -1.46. The van der Waals surface area contributed by atoms with Gasteiger partial charge in [0, 0.05) is 0 Å². The van der Waals surface area contributed by atoms with Gasteiger partial charge in [-0.3, -0.25) is 0 Å². The summed E-state index contributed by atoms with van der Waals surface area (Å²) in [5.74, 6) is -6.11. The molecule has 0 spiro atoms. The average Bonchev–Trinajstić information content (AvgIpc) is 2.92. The maximum Gasteiger partial charge on any atom is 0.360 e. The maximum absolute atomic E-state index is 13.9. The SMILES string of the molecule is COC(=O)c1coc(-c2cc(F)c(F)c(OC)c2F)n1. The van der Waals surface area contributed by atoms with Gasteiger partial charge in [0.2, 0.25) is 11.7 Å². The van der Waals surface area contributed by atoms with E-state index in [0.29, 0.717) is 6.07 Å². The van der Waals surface area contributed by atoms with Gasteiger partial charge in [-0.25, -0.2) is 18.6 Å². The molecule has 8 heteroatoms. The van der Waals surface area contributed by atoms with Gasteiger partial charge in [-0.15, -0.1) is 0 Å². The lowest BCUT2D eigenvalue weighted by Gasteiger charge is -2.07. The molecule has 0 aliphatic heterocycles. The van der Waals surface area contributed by atoms with Gasteiger partial charge in [0.05, 0.1) is 19.8 Å². The Balaban J connectivity index is 2.56. The van der Waals surface area contributed by atoms with Crippen molar-refractivity contribution in [3.05, 3.63) is 35.5 Å². The highest BCUT2D eigenvalue weighted by Gasteiger charge is 2.24. The van der Waals surface area contributed by atoms with Gasteiger partial charge in [-0.05, 0) is 6.07 Å². The summed E-state index contributed by atoms with van der Waals surface area (Å²) in [4.78, 5) is 14.8. The van der Waals surface area contributed by atoms with E-state index in [0.717, 1.165) is 20.5 Å². The van der Waals surface area contributed by atoms with Crippen LogP contribution >= 0.6 is 0 Å². The molecule has 1 aromatic heterocycles. The molecule has 0 aliphatic rings. The minimum Gasteiger partial charge on any atom is -0.491 e. The summed E-state index contributed by atoms with van der Waals surface area (Å²) < 4.78 is 54.3. The number of esters is 1. The fourth-order valence-electron chi connectivity index (χ4n) is 1.51. The van der Waals surface area contributed by atoms with Crippen molar-refractivity contribution in [3.63, 3.8) is 0 Å². The quantitative estimate of drug-likeness (QED) is 0.641. The van der Waals surface area contributed by atoms with Gasteiger partial charge >= 0.3 is 5.97 Å². The monoisotopic (exact) mass is 287 g/mol. The van der Waals surface area contributed by atoms with Crippen LogP contribution in [0.3, 0.4) is 0 Å². The third-order valence-electron chi connectivity index (χ3n) is 2.45. The molecule has 0 saturated carbocycles.